The molecule has 1 aliphatic carbocycles. The van der Waals surface area contributed by atoms with Gasteiger partial charge in [-0.15, -0.1) is 0 Å². The third kappa shape index (κ3) is 5.87. The van der Waals surface area contributed by atoms with E-state index in [9.17, 15) is 0 Å². The van der Waals surface area contributed by atoms with Gasteiger partial charge in [-0.2, -0.15) is 0 Å². The van der Waals surface area contributed by atoms with E-state index in [1.165, 1.54) is 70.9 Å². The van der Waals surface area contributed by atoms with Gasteiger partial charge in [-0.25, -0.2) is 0 Å². The molecular formula is C15H32N2. The predicted molar refractivity (Wildman–Crippen MR) is 76.3 cm³/mol. The van der Waals surface area contributed by atoms with Crippen LogP contribution in [0.4, 0.5) is 0 Å². The van der Waals surface area contributed by atoms with Crippen LogP contribution in [0, 0.1) is 0 Å². The van der Waals surface area contributed by atoms with Gasteiger partial charge in [-0.3, -0.25) is 0 Å². The fourth-order valence-electron chi connectivity index (χ4n) is 2.89. The van der Waals surface area contributed by atoms with Gasteiger partial charge in [0.15, 0.2) is 0 Å². The second kappa shape index (κ2) is 8.10. The van der Waals surface area contributed by atoms with Gasteiger partial charge >= 0.3 is 0 Å². The van der Waals surface area contributed by atoms with E-state index in [0.29, 0.717) is 0 Å². The average molecular weight is 240 g/mol. The molecule has 0 aromatic rings. The molecule has 1 rings (SSSR count). The molecule has 2 heteroatoms. The number of rotatable bonds is 8. The monoisotopic (exact) mass is 240 g/mol. The Morgan fingerprint density at radius 3 is 1.94 bits per heavy atom. The lowest BCUT2D eigenvalue weighted by Crippen LogP contribution is -2.51. The Morgan fingerprint density at radius 2 is 1.47 bits per heavy atom. The molecule has 0 amide bonds. The first kappa shape index (κ1) is 15.0. The molecule has 0 radical (unpaired) electrons. The van der Waals surface area contributed by atoms with Gasteiger partial charge < -0.3 is 10.6 Å². The molecule has 0 spiro atoms. The Morgan fingerprint density at radius 1 is 0.941 bits per heavy atom. The van der Waals surface area contributed by atoms with Gasteiger partial charge in [0, 0.05) is 12.1 Å². The summed E-state index contributed by atoms with van der Waals surface area (Å²) in [6.07, 6.45) is 11.8. The van der Waals surface area contributed by atoms with Crippen LogP contribution < -0.4 is 5.73 Å². The highest BCUT2D eigenvalue weighted by Gasteiger charge is 2.29. The molecule has 0 aliphatic heterocycles. The number of nitrogens with two attached hydrogens (primary N) is 1. The number of unbranched alkanes of at least 4 members (excludes halogenated alkanes) is 2. The molecule has 1 saturated carbocycles. The summed E-state index contributed by atoms with van der Waals surface area (Å²) in [5, 5.41) is 0. The van der Waals surface area contributed by atoms with E-state index in [2.05, 4.69) is 18.7 Å². The lowest BCUT2D eigenvalue weighted by atomic mass is 9.82. The van der Waals surface area contributed by atoms with E-state index in [0.717, 1.165) is 6.54 Å². The highest BCUT2D eigenvalue weighted by molar-refractivity contribution is 4.90. The molecule has 1 fully saturated rings. The Bertz CT molecular complexity index is 177. The summed E-state index contributed by atoms with van der Waals surface area (Å²) in [7, 11) is 0. The van der Waals surface area contributed by atoms with Crippen molar-refractivity contribution in [2.45, 2.75) is 77.2 Å². The maximum Gasteiger partial charge on any atom is 0.0283 e. The van der Waals surface area contributed by atoms with Gasteiger partial charge in [0.1, 0.15) is 0 Å². The van der Waals surface area contributed by atoms with Gasteiger partial charge in [-0.1, -0.05) is 46.0 Å². The number of hydrogen-bond acceptors (Lipinski definition) is 2. The molecule has 0 bridgehead atoms. The highest BCUT2D eigenvalue weighted by Crippen LogP contribution is 2.26. The van der Waals surface area contributed by atoms with E-state index < -0.39 is 0 Å². The molecule has 17 heavy (non-hydrogen) atoms. The largest absolute Gasteiger partial charge is 0.324 e. The summed E-state index contributed by atoms with van der Waals surface area (Å²) in [6.45, 7) is 8.17. The van der Waals surface area contributed by atoms with Crippen LogP contribution in [0.15, 0.2) is 0 Å². The maximum absolute atomic E-state index is 6.56. The topological polar surface area (TPSA) is 29.3 Å². The predicted octanol–water partition coefficient (Wildman–Crippen LogP) is 3.55. The van der Waals surface area contributed by atoms with Crippen LogP contribution >= 0.6 is 0 Å². The molecule has 0 unspecified atom stereocenters. The zero-order valence-electron chi connectivity index (χ0n) is 12.0. The van der Waals surface area contributed by atoms with Crippen LogP contribution in [0.1, 0.15) is 71.6 Å². The summed E-state index contributed by atoms with van der Waals surface area (Å²) in [6, 6.07) is 0. The van der Waals surface area contributed by atoms with E-state index in [4.69, 9.17) is 5.73 Å². The first-order valence-corrected chi connectivity index (χ1v) is 7.71. The Hall–Kier alpha value is -0.0800. The van der Waals surface area contributed by atoms with Crippen molar-refractivity contribution >= 4 is 0 Å². The van der Waals surface area contributed by atoms with Crippen molar-refractivity contribution in [3.63, 3.8) is 0 Å². The molecule has 0 heterocycles. The minimum Gasteiger partial charge on any atom is -0.324 e. The molecule has 0 aromatic heterocycles. The molecule has 102 valence electrons. The molecule has 2 N–H and O–H groups in total. The van der Waals surface area contributed by atoms with Gasteiger partial charge in [0.2, 0.25) is 0 Å². The lowest BCUT2D eigenvalue weighted by molar-refractivity contribution is 0.168. The zero-order chi connectivity index (χ0) is 12.6. The first-order chi connectivity index (χ1) is 8.20. The molecule has 0 aromatic carbocycles. The maximum atomic E-state index is 6.56. The summed E-state index contributed by atoms with van der Waals surface area (Å²) in [5.41, 5.74) is 6.69. The van der Waals surface area contributed by atoms with E-state index in [1.54, 1.807) is 0 Å². The van der Waals surface area contributed by atoms with Crippen LogP contribution in [-0.4, -0.2) is 30.1 Å². The molecular weight excluding hydrogens is 208 g/mol. The summed E-state index contributed by atoms with van der Waals surface area (Å²) < 4.78 is 0. The standard InChI is InChI=1S/C15H32N2/c1-3-5-12-17(13-6-4-2)14-15(16)10-8-7-9-11-15/h3-14,16H2,1-2H3. The van der Waals surface area contributed by atoms with Crippen molar-refractivity contribution < 1.29 is 0 Å². The lowest BCUT2D eigenvalue weighted by Gasteiger charge is -2.38. The second-order valence-electron chi connectivity index (χ2n) is 5.91. The number of hydrogen-bond donors (Lipinski definition) is 1. The minimum absolute atomic E-state index is 0.125. The molecule has 2 nitrogen and oxygen atoms in total. The van der Waals surface area contributed by atoms with Gasteiger partial charge in [0.05, 0.1) is 0 Å². The fourth-order valence-corrected chi connectivity index (χ4v) is 2.89. The average Bonchev–Trinajstić information content (AvgIpc) is 2.33. The molecule has 0 saturated heterocycles. The zero-order valence-corrected chi connectivity index (χ0v) is 12.0. The van der Waals surface area contributed by atoms with E-state index in [1.807, 2.05) is 0 Å². The Kier molecular flexibility index (Phi) is 7.14. The van der Waals surface area contributed by atoms with Crippen molar-refractivity contribution in [3.05, 3.63) is 0 Å². The van der Waals surface area contributed by atoms with Crippen LogP contribution in [-0.2, 0) is 0 Å². The number of nitrogens with zero attached hydrogens (tertiary/aromatic N) is 1. The first-order valence-electron chi connectivity index (χ1n) is 7.71. The van der Waals surface area contributed by atoms with Crippen molar-refractivity contribution in [2.24, 2.45) is 5.73 Å². The van der Waals surface area contributed by atoms with Gasteiger partial charge in [0.25, 0.3) is 0 Å². The van der Waals surface area contributed by atoms with Crippen molar-refractivity contribution in [1.82, 2.24) is 4.90 Å². The normalized spacial score (nSPS) is 19.8. The summed E-state index contributed by atoms with van der Waals surface area (Å²) >= 11 is 0. The Labute approximate surface area is 108 Å². The van der Waals surface area contributed by atoms with Crippen molar-refractivity contribution in [2.75, 3.05) is 19.6 Å². The van der Waals surface area contributed by atoms with Crippen molar-refractivity contribution in [3.8, 4) is 0 Å². The molecule has 1 aliphatic rings. The SMILES string of the molecule is CCCCN(CCCC)CC1(N)CCCCC1. The third-order valence-electron chi connectivity index (χ3n) is 4.04. The second-order valence-corrected chi connectivity index (χ2v) is 5.91. The smallest absolute Gasteiger partial charge is 0.0283 e. The fraction of sp³-hybridized carbons (Fsp3) is 1.00. The quantitative estimate of drug-likeness (QED) is 0.703. The molecule has 0 atom stereocenters. The van der Waals surface area contributed by atoms with Crippen LogP contribution in [0.25, 0.3) is 0 Å². The van der Waals surface area contributed by atoms with Crippen molar-refractivity contribution in [1.29, 1.82) is 0 Å². The Balaban J connectivity index is 2.38. The van der Waals surface area contributed by atoms with Crippen LogP contribution in [0.5, 0.6) is 0 Å². The van der Waals surface area contributed by atoms with Crippen LogP contribution in [0.2, 0.25) is 0 Å². The highest BCUT2D eigenvalue weighted by atomic mass is 15.1. The third-order valence-corrected chi connectivity index (χ3v) is 4.04. The van der Waals surface area contributed by atoms with Crippen LogP contribution in [0.3, 0.4) is 0 Å². The minimum atomic E-state index is 0.125. The van der Waals surface area contributed by atoms with E-state index in [-0.39, 0.29) is 5.54 Å². The summed E-state index contributed by atoms with van der Waals surface area (Å²) in [4.78, 5) is 2.62. The van der Waals surface area contributed by atoms with E-state index >= 15 is 0 Å². The van der Waals surface area contributed by atoms with Gasteiger partial charge in [-0.05, 0) is 38.8 Å². The summed E-state index contributed by atoms with van der Waals surface area (Å²) in [5.74, 6) is 0.